The summed E-state index contributed by atoms with van der Waals surface area (Å²) < 4.78 is 0. The fourth-order valence-corrected chi connectivity index (χ4v) is 3.90. The van der Waals surface area contributed by atoms with E-state index in [-0.39, 0.29) is 0 Å². The van der Waals surface area contributed by atoms with Gasteiger partial charge in [0.2, 0.25) is 0 Å². The number of hydrogen-bond acceptors (Lipinski definition) is 0. The number of unbranched alkanes of at least 4 members (excludes halogenated alkanes) is 3. The molecule has 1 aromatic rings. The molecule has 24 heavy (non-hydrogen) atoms. The first kappa shape index (κ1) is 19.1. The lowest BCUT2D eigenvalue weighted by Crippen LogP contribution is -2.06. The van der Waals surface area contributed by atoms with Gasteiger partial charge in [-0.1, -0.05) is 88.1 Å². The van der Waals surface area contributed by atoms with Crippen molar-refractivity contribution in [1.29, 1.82) is 0 Å². The summed E-state index contributed by atoms with van der Waals surface area (Å²) in [5, 5.41) is 0. The van der Waals surface area contributed by atoms with Crippen LogP contribution in [-0.4, -0.2) is 0 Å². The Morgan fingerprint density at radius 1 is 1.00 bits per heavy atom. The summed E-state index contributed by atoms with van der Waals surface area (Å²) in [5.41, 5.74) is 9.42. The van der Waals surface area contributed by atoms with E-state index >= 15 is 0 Å². The minimum atomic E-state index is 0.908. The summed E-state index contributed by atoms with van der Waals surface area (Å²) in [6.45, 7) is 6.75. The Balaban J connectivity index is 2.12. The van der Waals surface area contributed by atoms with Gasteiger partial charge >= 0.3 is 0 Å². The average Bonchev–Trinajstić information content (AvgIpc) is 2.59. The Morgan fingerprint density at radius 3 is 2.38 bits per heavy atom. The Hall–Kier alpha value is -1.26. The lowest BCUT2D eigenvalue weighted by molar-refractivity contribution is 0.356. The molecular formula is C24H36. The highest BCUT2D eigenvalue weighted by atomic mass is 14.2. The summed E-state index contributed by atoms with van der Waals surface area (Å²) in [7, 11) is 0. The fourth-order valence-electron chi connectivity index (χ4n) is 3.90. The third-order valence-corrected chi connectivity index (χ3v) is 5.36. The molecule has 0 amide bonds. The molecular weight excluding hydrogens is 288 g/mol. The summed E-state index contributed by atoms with van der Waals surface area (Å²) >= 11 is 0. The van der Waals surface area contributed by atoms with Crippen LogP contribution in [0.2, 0.25) is 0 Å². The molecule has 1 fully saturated rings. The maximum atomic E-state index is 3.81. The van der Waals surface area contributed by atoms with Crippen LogP contribution in [0.4, 0.5) is 0 Å². The normalized spacial score (nSPS) is 15.1. The van der Waals surface area contributed by atoms with Crippen LogP contribution >= 0.6 is 0 Å². The number of allylic oxidation sites excluding steroid dienone is 1. The van der Waals surface area contributed by atoms with Gasteiger partial charge in [-0.05, 0) is 50.2 Å². The first-order chi connectivity index (χ1) is 11.7. The lowest BCUT2D eigenvalue weighted by Gasteiger charge is -2.21. The smallest absolute Gasteiger partial charge is 0.00114 e. The highest BCUT2D eigenvalue weighted by Gasteiger charge is 2.13. The molecule has 0 aliphatic heterocycles. The lowest BCUT2D eigenvalue weighted by atomic mass is 9.85. The Labute approximate surface area is 150 Å². The average molecular weight is 325 g/mol. The van der Waals surface area contributed by atoms with Crippen molar-refractivity contribution >= 4 is 5.57 Å². The van der Waals surface area contributed by atoms with Crippen molar-refractivity contribution in [2.24, 2.45) is 5.92 Å². The first-order valence-corrected chi connectivity index (χ1v) is 10.2. The van der Waals surface area contributed by atoms with E-state index in [1.807, 2.05) is 0 Å². The fraction of sp³-hybridized carbons (Fsp3) is 0.625. The molecule has 0 radical (unpaired) electrons. The number of hydrogen-bond donors (Lipinski definition) is 0. The Bertz CT molecular complexity index is 534. The van der Waals surface area contributed by atoms with E-state index in [0.717, 1.165) is 5.92 Å². The molecule has 0 atom stereocenters. The summed E-state index contributed by atoms with van der Waals surface area (Å²) in [6, 6.07) is 9.04. The molecule has 1 aliphatic carbocycles. The summed E-state index contributed by atoms with van der Waals surface area (Å²) in [4.78, 5) is 0. The predicted molar refractivity (Wildman–Crippen MR) is 107 cm³/mol. The third kappa shape index (κ3) is 6.70. The zero-order valence-corrected chi connectivity index (χ0v) is 16.2. The molecule has 2 rings (SSSR count). The Morgan fingerprint density at radius 2 is 1.71 bits per heavy atom. The third-order valence-electron chi connectivity index (χ3n) is 5.36. The van der Waals surface area contributed by atoms with E-state index in [1.54, 1.807) is 0 Å². The van der Waals surface area contributed by atoms with Crippen molar-refractivity contribution in [2.45, 2.75) is 91.4 Å². The van der Waals surface area contributed by atoms with Crippen LogP contribution in [0.15, 0.2) is 35.6 Å². The molecule has 0 spiro atoms. The predicted octanol–water partition coefficient (Wildman–Crippen LogP) is 7.86. The molecule has 132 valence electrons. The van der Waals surface area contributed by atoms with Gasteiger partial charge in [0.1, 0.15) is 0 Å². The van der Waals surface area contributed by atoms with Gasteiger partial charge < -0.3 is 0 Å². The standard InChI is InChI=1S/C24H36/c1-4-5-6-10-13-24(23-16-14-20(2)15-17-23)19-21(3)18-22-11-8-7-9-12-22/h14-17,22H,4-13,18H2,1-3H3. The minimum absolute atomic E-state index is 0.908. The van der Waals surface area contributed by atoms with E-state index in [4.69, 9.17) is 0 Å². The number of aryl methyl sites for hydroxylation is 1. The van der Waals surface area contributed by atoms with Crippen LogP contribution in [-0.2, 0) is 0 Å². The second-order valence-electron chi connectivity index (χ2n) is 7.77. The molecule has 1 aliphatic rings. The molecule has 0 heteroatoms. The van der Waals surface area contributed by atoms with Crippen molar-refractivity contribution in [3.05, 3.63) is 46.7 Å². The summed E-state index contributed by atoms with van der Waals surface area (Å²) in [6.07, 6.45) is 14.9. The maximum absolute atomic E-state index is 3.81. The minimum Gasteiger partial charge on any atom is -0.118 e. The second kappa shape index (κ2) is 10.6. The number of benzene rings is 1. The molecule has 0 nitrogen and oxygen atoms in total. The topological polar surface area (TPSA) is 0 Å². The van der Waals surface area contributed by atoms with Gasteiger partial charge in [0, 0.05) is 5.57 Å². The SMILES string of the molecule is CCCCCCC(=C=C(C)CC1CCCCC1)c1ccc(C)cc1. The molecule has 1 aromatic carbocycles. The first-order valence-electron chi connectivity index (χ1n) is 10.2. The molecule has 0 heterocycles. The van der Waals surface area contributed by atoms with Crippen LogP contribution in [0.3, 0.4) is 0 Å². The molecule has 0 saturated heterocycles. The van der Waals surface area contributed by atoms with Gasteiger partial charge in [-0.15, -0.1) is 5.73 Å². The van der Waals surface area contributed by atoms with Crippen molar-refractivity contribution in [1.82, 2.24) is 0 Å². The van der Waals surface area contributed by atoms with Crippen molar-refractivity contribution in [3.63, 3.8) is 0 Å². The van der Waals surface area contributed by atoms with Crippen molar-refractivity contribution < 1.29 is 0 Å². The largest absolute Gasteiger partial charge is 0.118 e. The van der Waals surface area contributed by atoms with Crippen LogP contribution in [0.1, 0.15) is 95.6 Å². The van der Waals surface area contributed by atoms with Gasteiger partial charge in [-0.3, -0.25) is 0 Å². The quantitative estimate of drug-likeness (QED) is 0.337. The van der Waals surface area contributed by atoms with Gasteiger partial charge in [0.05, 0.1) is 0 Å². The van der Waals surface area contributed by atoms with Gasteiger partial charge in [0.15, 0.2) is 0 Å². The molecule has 0 N–H and O–H groups in total. The highest BCUT2D eigenvalue weighted by Crippen LogP contribution is 2.29. The van der Waals surface area contributed by atoms with Gasteiger partial charge in [0.25, 0.3) is 0 Å². The maximum Gasteiger partial charge on any atom is 0.00114 e. The van der Waals surface area contributed by atoms with E-state index in [1.165, 1.54) is 92.9 Å². The second-order valence-corrected chi connectivity index (χ2v) is 7.77. The van der Waals surface area contributed by atoms with E-state index in [2.05, 4.69) is 50.8 Å². The number of rotatable bonds is 8. The van der Waals surface area contributed by atoms with E-state index < -0.39 is 0 Å². The molecule has 0 aromatic heterocycles. The van der Waals surface area contributed by atoms with Crippen LogP contribution in [0.25, 0.3) is 5.57 Å². The monoisotopic (exact) mass is 324 g/mol. The molecule has 1 saturated carbocycles. The zero-order valence-electron chi connectivity index (χ0n) is 16.2. The van der Waals surface area contributed by atoms with Crippen molar-refractivity contribution in [3.8, 4) is 0 Å². The van der Waals surface area contributed by atoms with E-state index in [9.17, 15) is 0 Å². The van der Waals surface area contributed by atoms with Crippen LogP contribution in [0.5, 0.6) is 0 Å². The molecule has 0 unspecified atom stereocenters. The Kier molecular flexibility index (Phi) is 8.40. The summed E-state index contributed by atoms with van der Waals surface area (Å²) in [5.74, 6) is 0.908. The molecule has 0 bridgehead atoms. The van der Waals surface area contributed by atoms with Gasteiger partial charge in [-0.2, -0.15) is 0 Å². The zero-order chi connectivity index (χ0) is 17.2. The van der Waals surface area contributed by atoms with Crippen LogP contribution in [0, 0.1) is 12.8 Å². The van der Waals surface area contributed by atoms with Crippen molar-refractivity contribution in [2.75, 3.05) is 0 Å². The highest BCUT2D eigenvalue weighted by molar-refractivity contribution is 5.65. The van der Waals surface area contributed by atoms with Gasteiger partial charge in [-0.25, -0.2) is 0 Å². The van der Waals surface area contributed by atoms with Crippen LogP contribution < -0.4 is 0 Å². The van der Waals surface area contributed by atoms with E-state index in [0.29, 0.717) is 0 Å².